The fourth-order valence-corrected chi connectivity index (χ4v) is 4.56. The number of piperazine rings is 1. The molecule has 0 bridgehead atoms. The van der Waals surface area contributed by atoms with Crippen molar-refractivity contribution < 1.29 is 14.3 Å². The van der Waals surface area contributed by atoms with Gasteiger partial charge in [0.1, 0.15) is 0 Å². The van der Waals surface area contributed by atoms with Gasteiger partial charge in [0.05, 0.1) is 30.9 Å². The quantitative estimate of drug-likeness (QED) is 0.606. The summed E-state index contributed by atoms with van der Waals surface area (Å²) in [6, 6.07) is 16.8. The SMILES string of the molecule is COC(=O)Oc1c2n(c3ccccc13)Cc1ccccc1N1CCN(C)CC21. The normalized spacial score (nSPS) is 18.8. The summed E-state index contributed by atoms with van der Waals surface area (Å²) in [4.78, 5) is 16.8. The summed E-state index contributed by atoms with van der Waals surface area (Å²) in [6.07, 6.45) is -0.684. The van der Waals surface area contributed by atoms with Gasteiger partial charge in [0.2, 0.25) is 0 Å². The number of ether oxygens (including phenoxy) is 2. The fourth-order valence-electron chi connectivity index (χ4n) is 4.56. The highest BCUT2D eigenvalue weighted by atomic mass is 16.7. The number of rotatable bonds is 1. The fraction of sp³-hybridized carbons (Fsp3) is 0.318. The van der Waals surface area contributed by atoms with Crippen LogP contribution in [-0.4, -0.2) is 49.4 Å². The molecule has 144 valence electrons. The summed E-state index contributed by atoms with van der Waals surface area (Å²) < 4.78 is 12.8. The van der Waals surface area contributed by atoms with Crippen LogP contribution in [0, 0.1) is 0 Å². The minimum absolute atomic E-state index is 0.0921. The van der Waals surface area contributed by atoms with E-state index in [1.807, 2.05) is 18.2 Å². The number of nitrogens with zero attached hydrogens (tertiary/aromatic N) is 3. The lowest BCUT2D eigenvalue weighted by Gasteiger charge is -2.41. The molecule has 28 heavy (non-hydrogen) atoms. The van der Waals surface area contributed by atoms with E-state index in [1.165, 1.54) is 18.4 Å². The maximum atomic E-state index is 12.1. The Labute approximate surface area is 163 Å². The van der Waals surface area contributed by atoms with Crippen LogP contribution in [0.1, 0.15) is 17.3 Å². The molecule has 0 aliphatic carbocycles. The largest absolute Gasteiger partial charge is 0.513 e. The monoisotopic (exact) mass is 377 g/mol. The van der Waals surface area contributed by atoms with Gasteiger partial charge in [0.25, 0.3) is 0 Å². The van der Waals surface area contributed by atoms with Crippen molar-refractivity contribution in [2.75, 3.05) is 38.7 Å². The first-order valence-corrected chi connectivity index (χ1v) is 9.57. The zero-order chi connectivity index (χ0) is 19.3. The maximum Gasteiger partial charge on any atom is 0.513 e. The Morgan fingerprint density at radius 1 is 1.07 bits per heavy atom. The van der Waals surface area contributed by atoms with Gasteiger partial charge < -0.3 is 23.8 Å². The highest BCUT2D eigenvalue weighted by Gasteiger charge is 2.37. The molecule has 0 radical (unpaired) electrons. The van der Waals surface area contributed by atoms with Gasteiger partial charge in [-0.1, -0.05) is 30.3 Å². The second kappa shape index (κ2) is 6.56. The van der Waals surface area contributed by atoms with E-state index in [9.17, 15) is 4.79 Å². The zero-order valence-corrected chi connectivity index (χ0v) is 16.1. The molecule has 1 fully saturated rings. The van der Waals surface area contributed by atoms with E-state index in [2.05, 4.69) is 51.7 Å². The van der Waals surface area contributed by atoms with Gasteiger partial charge in [-0.3, -0.25) is 0 Å². The minimum Gasteiger partial charge on any atom is -0.437 e. The molecule has 6 nitrogen and oxygen atoms in total. The predicted molar refractivity (Wildman–Crippen MR) is 108 cm³/mol. The van der Waals surface area contributed by atoms with E-state index in [1.54, 1.807) is 0 Å². The molecule has 1 saturated heterocycles. The standard InChI is InChI=1S/C22H23N3O3/c1-23-11-12-24-17-9-5-3-7-15(17)13-25-18-10-6-4-8-16(18)21(28-22(26)27-2)20(25)19(24)14-23/h3-10,19H,11-14H2,1-2H3. The summed E-state index contributed by atoms with van der Waals surface area (Å²) in [5.41, 5.74) is 4.65. The second-order valence-electron chi connectivity index (χ2n) is 7.47. The third kappa shape index (κ3) is 2.56. The molecule has 2 aliphatic heterocycles. The molecule has 0 spiro atoms. The zero-order valence-electron chi connectivity index (χ0n) is 16.1. The number of hydrogen-bond donors (Lipinski definition) is 0. The molecular formula is C22H23N3O3. The smallest absolute Gasteiger partial charge is 0.437 e. The van der Waals surface area contributed by atoms with Gasteiger partial charge in [0.15, 0.2) is 5.75 Å². The number of carbonyl (C=O) groups excluding carboxylic acids is 1. The predicted octanol–water partition coefficient (Wildman–Crippen LogP) is 3.64. The number of para-hydroxylation sites is 2. The number of likely N-dealkylation sites (N-methyl/N-ethyl adjacent to an activating group) is 1. The molecule has 1 aromatic heterocycles. The van der Waals surface area contributed by atoms with Crippen LogP contribution in [0.5, 0.6) is 5.75 Å². The number of methoxy groups -OCH3 is 1. The van der Waals surface area contributed by atoms with Gasteiger partial charge in [-0.15, -0.1) is 0 Å². The molecule has 3 aromatic rings. The van der Waals surface area contributed by atoms with Crippen molar-refractivity contribution in [2.45, 2.75) is 12.6 Å². The van der Waals surface area contributed by atoms with Crippen LogP contribution in [-0.2, 0) is 11.3 Å². The third-order valence-corrected chi connectivity index (χ3v) is 5.84. The molecule has 1 atom stereocenters. The number of benzene rings is 2. The van der Waals surface area contributed by atoms with Crippen molar-refractivity contribution >= 4 is 22.7 Å². The second-order valence-corrected chi connectivity index (χ2v) is 7.47. The molecule has 3 heterocycles. The first kappa shape index (κ1) is 17.1. The molecule has 2 aliphatic rings. The number of fused-ring (bicyclic) bond motifs is 7. The maximum absolute atomic E-state index is 12.1. The highest BCUT2D eigenvalue weighted by molar-refractivity contribution is 5.91. The number of aromatic nitrogens is 1. The number of hydrogen-bond acceptors (Lipinski definition) is 5. The highest BCUT2D eigenvalue weighted by Crippen LogP contribution is 2.45. The van der Waals surface area contributed by atoms with E-state index in [0.29, 0.717) is 5.75 Å². The summed E-state index contributed by atoms with van der Waals surface area (Å²) in [6.45, 7) is 3.53. The van der Waals surface area contributed by atoms with Crippen molar-refractivity contribution in [3.05, 3.63) is 59.8 Å². The Morgan fingerprint density at radius 3 is 2.71 bits per heavy atom. The van der Waals surface area contributed by atoms with Crippen LogP contribution in [0.4, 0.5) is 10.5 Å². The van der Waals surface area contributed by atoms with E-state index in [-0.39, 0.29) is 6.04 Å². The van der Waals surface area contributed by atoms with Crippen LogP contribution < -0.4 is 9.64 Å². The number of carbonyl (C=O) groups is 1. The van der Waals surface area contributed by atoms with Gasteiger partial charge in [-0.25, -0.2) is 4.79 Å². The van der Waals surface area contributed by atoms with Crippen molar-refractivity contribution in [3.8, 4) is 5.75 Å². The van der Waals surface area contributed by atoms with Crippen LogP contribution in [0.15, 0.2) is 48.5 Å². The van der Waals surface area contributed by atoms with Crippen LogP contribution in [0.2, 0.25) is 0 Å². The lowest BCUT2D eigenvalue weighted by molar-refractivity contribution is 0.121. The van der Waals surface area contributed by atoms with E-state index >= 15 is 0 Å². The van der Waals surface area contributed by atoms with Crippen molar-refractivity contribution in [1.29, 1.82) is 0 Å². The molecule has 0 N–H and O–H groups in total. The Morgan fingerprint density at radius 2 is 1.86 bits per heavy atom. The van der Waals surface area contributed by atoms with Crippen LogP contribution in [0.3, 0.4) is 0 Å². The Balaban J connectivity index is 1.79. The lowest BCUT2D eigenvalue weighted by atomic mass is 10.1. The van der Waals surface area contributed by atoms with Gasteiger partial charge in [-0.05, 0) is 30.8 Å². The van der Waals surface area contributed by atoms with Crippen molar-refractivity contribution in [1.82, 2.24) is 9.47 Å². The molecule has 0 saturated carbocycles. The molecule has 6 heteroatoms. The molecule has 2 aromatic carbocycles. The summed E-state index contributed by atoms with van der Waals surface area (Å²) in [5.74, 6) is 0.612. The third-order valence-electron chi connectivity index (χ3n) is 5.84. The molecule has 0 amide bonds. The lowest BCUT2D eigenvalue weighted by Crippen LogP contribution is -2.47. The first-order valence-electron chi connectivity index (χ1n) is 9.57. The minimum atomic E-state index is -0.684. The van der Waals surface area contributed by atoms with Crippen molar-refractivity contribution in [3.63, 3.8) is 0 Å². The van der Waals surface area contributed by atoms with Gasteiger partial charge in [-0.2, -0.15) is 0 Å². The number of anilines is 1. The van der Waals surface area contributed by atoms with Crippen LogP contribution >= 0.6 is 0 Å². The van der Waals surface area contributed by atoms with Gasteiger partial charge in [0, 0.05) is 30.7 Å². The summed E-state index contributed by atoms with van der Waals surface area (Å²) >= 11 is 0. The summed E-state index contributed by atoms with van der Waals surface area (Å²) in [5, 5.41) is 0.940. The molecule has 1 unspecified atom stereocenters. The van der Waals surface area contributed by atoms with E-state index in [4.69, 9.17) is 9.47 Å². The average molecular weight is 377 g/mol. The Hall–Kier alpha value is -2.99. The Kier molecular flexibility index (Phi) is 4.02. The Bertz CT molecular complexity index is 1060. The molecular weight excluding hydrogens is 354 g/mol. The van der Waals surface area contributed by atoms with Crippen LogP contribution in [0.25, 0.3) is 10.9 Å². The van der Waals surface area contributed by atoms with E-state index < -0.39 is 6.16 Å². The first-order chi connectivity index (χ1) is 13.7. The van der Waals surface area contributed by atoms with Crippen molar-refractivity contribution in [2.24, 2.45) is 0 Å². The van der Waals surface area contributed by atoms with Gasteiger partial charge >= 0.3 is 6.16 Å². The average Bonchev–Trinajstić information content (AvgIpc) is 2.93. The van der Waals surface area contributed by atoms with E-state index in [0.717, 1.165) is 42.8 Å². The summed E-state index contributed by atoms with van der Waals surface area (Å²) in [7, 11) is 3.48. The molecule has 5 rings (SSSR count). The topological polar surface area (TPSA) is 46.9 Å².